The predicted molar refractivity (Wildman–Crippen MR) is 101 cm³/mol. The van der Waals surface area contributed by atoms with Crippen LogP contribution in [-0.4, -0.2) is 43.9 Å². The molecule has 2 amide bonds. The summed E-state index contributed by atoms with van der Waals surface area (Å²) in [5, 5.41) is 19.4. The number of benzene rings is 1. The summed E-state index contributed by atoms with van der Waals surface area (Å²) in [6.45, 7) is 3.93. The van der Waals surface area contributed by atoms with Crippen LogP contribution in [0.4, 0.5) is 10.5 Å². The normalized spacial score (nSPS) is 12.0. The highest BCUT2D eigenvalue weighted by molar-refractivity contribution is 5.89. The Bertz CT molecular complexity index is 854. The van der Waals surface area contributed by atoms with Crippen molar-refractivity contribution in [3.63, 3.8) is 0 Å². The zero-order chi connectivity index (χ0) is 19.2. The van der Waals surface area contributed by atoms with Crippen molar-refractivity contribution in [2.45, 2.75) is 32.9 Å². The van der Waals surface area contributed by atoms with Gasteiger partial charge in [-0.05, 0) is 49.7 Å². The first-order valence-corrected chi connectivity index (χ1v) is 8.81. The van der Waals surface area contributed by atoms with E-state index in [9.17, 15) is 9.90 Å². The lowest BCUT2D eigenvalue weighted by atomic mass is 10.2. The SMILES string of the molecule is CC[C@H](CO)N(Cc1ccco1)C(=O)Nc1ccc(-c2n[nH]c(C)n2)cc1. The van der Waals surface area contributed by atoms with Crippen LogP contribution in [0.2, 0.25) is 0 Å². The Kier molecular flexibility index (Phi) is 5.87. The van der Waals surface area contributed by atoms with E-state index in [0.29, 0.717) is 23.7 Å². The van der Waals surface area contributed by atoms with Crippen molar-refractivity contribution < 1.29 is 14.3 Å². The Hall–Kier alpha value is -3.13. The molecule has 8 nitrogen and oxygen atoms in total. The van der Waals surface area contributed by atoms with Gasteiger partial charge in [0.25, 0.3) is 0 Å². The number of carbonyl (C=O) groups excluding carboxylic acids is 1. The summed E-state index contributed by atoms with van der Waals surface area (Å²) in [5.41, 5.74) is 1.50. The van der Waals surface area contributed by atoms with Crippen LogP contribution < -0.4 is 5.32 Å². The summed E-state index contributed by atoms with van der Waals surface area (Å²) in [6.07, 6.45) is 2.20. The zero-order valence-corrected chi connectivity index (χ0v) is 15.3. The van der Waals surface area contributed by atoms with Gasteiger partial charge in [0.2, 0.25) is 0 Å². The maximum absolute atomic E-state index is 12.8. The summed E-state index contributed by atoms with van der Waals surface area (Å²) in [4.78, 5) is 18.6. The number of aromatic amines is 1. The van der Waals surface area contributed by atoms with Gasteiger partial charge < -0.3 is 19.7 Å². The number of urea groups is 1. The lowest BCUT2D eigenvalue weighted by molar-refractivity contribution is 0.129. The molecule has 3 rings (SSSR count). The second kappa shape index (κ2) is 8.50. The third-order valence-corrected chi connectivity index (χ3v) is 4.28. The number of H-pyrrole nitrogens is 1. The summed E-state index contributed by atoms with van der Waals surface area (Å²) >= 11 is 0. The standard InChI is InChI=1S/C19H23N5O3/c1-3-16(12-25)24(11-17-5-4-10-27-17)19(26)21-15-8-6-14(7-9-15)18-20-13(2)22-23-18/h4-10,16,25H,3,11-12H2,1-2H3,(H,21,26)(H,20,22,23)/t16-/m1/s1. The number of aliphatic hydroxyl groups is 1. The average Bonchev–Trinajstić information content (AvgIpc) is 3.34. The molecule has 8 heteroatoms. The molecule has 0 unspecified atom stereocenters. The predicted octanol–water partition coefficient (Wildman–Crippen LogP) is 3.18. The van der Waals surface area contributed by atoms with E-state index in [0.717, 1.165) is 11.4 Å². The van der Waals surface area contributed by atoms with Crippen molar-refractivity contribution in [2.75, 3.05) is 11.9 Å². The van der Waals surface area contributed by atoms with Crippen molar-refractivity contribution in [3.05, 3.63) is 54.2 Å². The first-order chi connectivity index (χ1) is 13.1. The number of anilines is 1. The van der Waals surface area contributed by atoms with Gasteiger partial charge in [-0.15, -0.1) is 0 Å². The van der Waals surface area contributed by atoms with E-state index in [1.165, 1.54) is 0 Å². The van der Waals surface area contributed by atoms with Crippen molar-refractivity contribution in [3.8, 4) is 11.4 Å². The van der Waals surface area contributed by atoms with Gasteiger partial charge in [0, 0.05) is 11.3 Å². The molecule has 0 spiro atoms. The molecule has 0 fully saturated rings. The van der Waals surface area contributed by atoms with Crippen LogP contribution in [0, 0.1) is 6.92 Å². The highest BCUT2D eigenvalue weighted by atomic mass is 16.3. The highest BCUT2D eigenvalue weighted by Gasteiger charge is 2.23. The first-order valence-electron chi connectivity index (χ1n) is 8.81. The topological polar surface area (TPSA) is 107 Å². The molecule has 0 aliphatic carbocycles. The molecule has 3 N–H and O–H groups in total. The van der Waals surface area contributed by atoms with Crippen LogP contribution in [-0.2, 0) is 6.54 Å². The fourth-order valence-electron chi connectivity index (χ4n) is 2.75. The molecular weight excluding hydrogens is 346 g/mol. The van der Waals surface area contributed by atoms with Gasteiger partial charge in [0.1, 0.15) is 11.6 Å². The number of nitrogens with zero attached hydrogens (tertiary/aromatic N) is 3. The van der Waals surface area contributed by atoms with Gasteiger partial charge >= 0.3 is 6.03 Å². The van der Waals surface area contributed by atoms with Crippen LogP contribution in [0.3, 0.4) is 0 Å². The largest absolute Gasteiger partial charge is 0.467 e. The third-order valence-electron chi connectivity index (χ3n) is 4.28. The molecular formula is C19H23N5O3. The molecule has 1 atom stereocenters. The number of aromatic nitrogens is 3. The lowest BCUT2D eigenvalue weighted by Gasteiger charge is -2.29. The zero-order valence-electron chi connectivity index (χ0n) is 15.3. The number of nitrogens with one attached hydrogen (secondary N) is 2. The van der Waals surface area contributed by atoms with E-state index in [1.807, 2.05) is 26.0 Å². The molecule has 0 saturated carbocycles. The molecule has 1 aromatic carbocycles. The second-order valence-corrected chi connectivity index (χ2v) is 6.20. The van der Waals surface area contributed by atoms with Crippen molar-refractivity contribution >= 4 is 11.7 Å². The molecule has 0 saturated heterocycles. The molecule has 27 heavy (non-hydrogen) atoms. The Morgan fingerprint density at radius 1 is 1.33 bits per heavy atom. The molecule has 0 aliphatic rings. The number of hydrogen-bond donors (Lipinski definition) is 3. The summed E-state index contributed by atoms with van der Waals surface area (Å²) in [6, 6.07) is 10.3. The Balaban J connectivity index is 1.72. The van der Waals surface area contributed by atoms with Crippen LogP contribution in [0.1, 0.15) is 24.9 Å². The average molecular weight is 369 g/mol. The summed E-state index contributed by atoms with van der Waals surface area (Å²) in [7, 11) is 0. The number of carbonyl (C=O) groups is 1. The van der Waals surface area contributed by atoms with Gasteiger partial charge in [-0.1, -0.05) is 6.92 Å². The minimum absolute atomic E-state index is 0.117. The Labute approximate surface area is 157 Å². The van der Waals surface area contributed by atoms with E-state index in [4.69, 9.17) is 4.42 Å². The first kappa shape index (κ1) is 18.7. The van der Waals surface area contributed by atoms with E-state index in [2.05, 4.69) is 20.5 Å². The van der Waals surface area contributed by atoms with Crippen LogP contribution in [0.15, 0.2) is 47.1 Å². The van der Waals surface area contributed by atoms with Crippen LogP contribution in [0.5, 0.6) is 0 Å². The monoisotopic (exact) mass is 369 g/mol. The molecule has 3 aromatic rings. The van der Waals surface area contributed by atoms with Crippen molar-refractivity contribution in [1.29, 1.82) is 0 Å². The maximum atomic E-state index is 12.8. The number of rotatable bonds is 7. The maximum Gasteiger partial charge on any atom is 0.322 e. The van der Waals surface area contributed by atoms with Gasteiger partial charge in [-0.25, -0.2) is 9.78 Å². The number of aryl methyl sites for hydroxylation is 1. The summed E-state index contributed by atoms with van der Waals surface area (Å²) in [5.74, 6) is 2.01. The molecule has 0 radical (unpaired) electrons. The van der Waals surface area contributed by atoms with E-state index in [-0.39, 0.29) is 25.2 Å². The van der Waals surface area contributed by atoms with Crippen molar-refractivity contribution in [2.24, 2.45) is 0 Å². The number of furan rings is 1. The van der Waals surface area contributed by atoms with Gasteiger partial charge in [0.15, 0.2) is 5.82 Å². The van der Waals surface area contributed by atoms with Crippen LogP contribution >= 0.6 is 0 Å². The van der Waals surface area contributed by atoms with Gasteiger partial charge in [0.05, 0.1) is 25.5 Å². The smallest absolute Gasteiger partial charge is 0.322 e. The lowest BCUT2D eigenvalue weighted by Crippen LogP contribution is -2.44. The minimum Gasteiger partial charge on any atom is -0.467 e. The molecule has 2 aromatic heterocycles. The molecule has 0 bridgehead atoms. The fraction of sp³-hybridized carbons (Fsp3) is 0.316. The van der Waals surface area contributed by atoms with E-state index < -0.39 is 0 Å². The van der Waals surface area contributed by atoms with Gasteiger partial charge in [-0.2, -0.15) is 5.10 Å². The third kappa shape index (κ3) is 4.53. The highest BCUT2D eigenvalue weighted by Crippen LogP contribution is 2.19. The Morgan fingerprint density at radius 2 is 2.11 bits per heavy atom. The van der Waals surface area contributed by atoms with Crippen molar-refractivity contribution in [1.82, 2.24) is 20.1 Å². The minimum atomic E-state index is -0.300. The molecule has 2 heterocycles. The van der Waals surface area contributed by atoms with Crippen LogP contribution in [0.25, 0.3) is 11.4 Å². The van der Waals surface area contributed by atoms with Gasteiger partial charge in [-0.3, -0.25) is 5.10 Å². The number of hydrogen-bond acceptors (Lipinski definition) is 5. The second-order valence-electron chi connectivity index (χ2n) is 6.20. The van der Waals surface area contributed by atoms with E-state index in [1.54, 1.807) is 35.4 Å². The molecule has 142 valence electrons. The Morgan fingerprint density at radius 3 is 2.67 bits per heavy atom. The quantitative estimate of drug-likeness (QED) is 0.593. The van der Waals surface area contributed by atoms with E-state index >= 15 is 0 Å². The number of aliphatic hydroxyl groups excluding tert-OH is 1. The number of amides is 2. The molecule has 0 aliphatic heterocycles. The summed E-state index contributed by atoms with van der Waals surface area (Å²) < 4.78 is 5.35. The fourth-order valence-corrected chi connectivity index (χ4v) is 2.75.